The van der Waals surface area contributed by atoms with Crippen molar-refractivity contribution in [3.8, 4) is 0 Å². The molecule has 0 N–H and O–H groups in total. The molecule has 0 bridgehead atoms. The highest BCUT2D eigenvalue weighted by molar-refractivity contribution is 4.85. The minimum absolute atomic E-state index is 0.823. The van der Waals surface area contributed by atoms with Crippen LogP contribution in [0.3, 0.4) is 0 Å². The van der Waals surface area contributed by atoms with Crippen LogP contribution in [0.4, 0.5) is 0 Å². The Morgan fingerprint density at radius 2 is 0.818 bits per heavy atom. The van der Waals surface area contributed by atoms with E-state index in [4.69, 9.17) is 0 Å². The van der Waals surface area contributed by atoms with Crippen LogP contribution in [0.5, 0.6) is 0 Å². The van der Waals surface area contributed by atoms with Crippen LogP contribution in [0.15, 0.2) is 0 Å². The molecule has 0 amide bonds. The molecule has 1 nitrogen and oxygen atoms in total. The summed E-state index contributed by atoms with van der Waals surface area (Å²) in [7, 11) is 4.59. The van der Waals surface area contributed by atoms with E-state index in [1.807, 2.05) is 0 Å². The van der Waals surface area contributed by atoms with Gasteiger partial charge in [-0.2, -0.15) is 0 Å². The number of hydrogen-bond donors (Lipinski definition) is 0. The van der Waals surface area contributed by atoms with Crippen LogP contribution in [0.1, 0.15) is 174 Å². The van der Waals surface area contributed by atoms with Crippen LogP contribution < -0.4 is 0 Å². The van der Waals surface area contributed by atoms with Crippen LogP contribution in [-0.4, -0.2) is 25.0 Å². The highest BCUT2D eigenvalue weighted by Crippen LogP contribution is 2.45. The van der Waals surface area contributed by atoms with Crippen molar-refractivity contribution in [2.45, 2.75) is 180 Å². The molecular weight excluding hydrogens is 398 g/mol. The Balaban J connectivity index is 1.84. The van der Waals surface area contributed by atoms with E-state index in [9.17, 15) is 0 Å². The summed E-state index contributed by atoms with van der Waals surface area (Å²) in [5.41, 5.74) is 0. The standard InChI is InChI=1S/C32H65N/c1-5-7-9-11-14-19-23-27-32(33(3)4)28-24-20-16-13-15-18-22-26-31-29-30(31)25-21-17-12-10-8-6-2/h30-32H,5-29H2,1-4H3/t30-,31+,32?/m1/s1. The summed E-state index contributed by atoms with van der Waals surface area (Å²) in [4.78, 5) is 2.49. The lowest BCUT2D eigenvalue weighted by atomic mass is 9.99. The molecule has 1 aliphatic rings. The topological polar surface area (TPSA) is 3.24 Å². The van der Waals surface area contributed by atoms with Gasteiger partial charge in [0.15, 0.2) is 0 Å². The van der Waals surface area contributed by atoms with E-state index in [0.717, 1.165) is 17.9 Å². The predicted molar refractivity (Wildman–Crippen MR) is 151 cm³/mol. The van der Waals surface area contributed by atoms with Gasteiger partial charge in [0.25, 0.3) is 0 Å². The minimum atomic E-state index is 0.823. The Morgan fingerprint density at radius 1 is 0.485 bits per heavy atom. The first kappa shape index (κ1) is 31.0. The fourth-order valence-electron chi connectivity index (χ4n) is 5.87. The fourth-order valence-corrected chi connectivity index (χ4v) is 5.87. The van der Waals surface area contributed by atoms with E-state index in [1.165, 1.54) is 141 Å². The van der Waals surface area contributed by atoms with Crippen LogP contribution in [0, 0.1) is 11.8 Å². The van der Waals surface area contributed by atoms with Crippen LogP contribution in [-0.2, 0) is 0 Å². The average molecular weight is 464 g/mol. The molecular formula is C32H65N. The molecule has 0 heterocycles. The third kappa shape index (κ3) is 18.9. The summed E-state index contributed by atoms with van der Waals surface area (Å²) < 4.78 is 0. The third-order valence-electron chi connectivity index (χ3n) is 8.48. The maximum atomic E-state index is 2.49. The molecule has 1 rings (SSSR count). The van der Waals surface area contributed by atoms with Crippen LogP contribution in [0.25, 0.3) is 0 Å². The Bertz CT molecular complexity index is 390. The zero-order valence-corrected chi connectivity index (χ0v) is 23.9. The first-order valence-electron chi connectivity index (χ1n) is 15.8. The van der Waals surface area contributed by atoms with Gasteiger partial charge in [0, 0.05) is 6.04 Å². The molecule has 0 saturated heterocycles. The van der Waals surface area contributed by atoms with Crippen molar-refractivity contribution in [3.63, 3.8) is 0 Å². The fraction of sp³-hybridized carbons (Fsp3) is 1.00. The first-order valence-corrected chi connectivity index (χ1v) is 15.8. The normalized spacial score (nSPS) is 18.8. The van der Waals surface area contributed by atoms with Gasteiger partial charge in [-0.15, -0.1) is 0 Å². The quantitative estimate of drug-likeness (QED) is 0.115. The zero-order chi connectivity index (χ0) is 24.0. The SMILES string of the molecule is CCCCCCCCCC(CCCCCCCCC[C@H]1C[C@H]1CCCCCCCC)N(C)C. The molecule has 0 spiro atoms. The molecule has 198 valence electrons. The van der Waals surface area contributed by atoms with E-state index in [1.54, 1.807) is 19.3 Å². The number of hydrogen-bond acceptors (Lipinski definition) is 1. The summed E-state index contributed by atoms with van der Waals surface area (Å²) in [5, 5.41) is 0. The summed E-state index contributed by atoms with van der Waals surface area (Å²) in [6.45, 7) is 4.62. The predicted octanol–water partition coefficient (Wildman–Crippen LogP) is 11.0. The lowest BCUT2D eigenvalue weighted by Gasteiger charge is -2.24. The molecule has 1 heteroatoms. The highest BCUT2D eigenvalue weighted by atomic mass is 15.1. The maximum absolute atomic E-state index is 2.49. The monoisotopic (exact) mass is 464 g/mol. The molecule has 0 aromatic heterocycles. The van der Waals surface area contributed by atoms with E-state index >= 15 is 0 Å². The summed E-state index contributed by atoms with van der Waals surface area (Å²) >= 11 is 0. The van der Waals surface area contributed by atoms with Gasteiger partial charge in [-0.1, -0.05) is 155 Å². The third-order valence-corrected chi connectivity index (χ3v) is 8.48. The second kappa shape index (κ2) is 22.4. The summed E-state index contributed by atoms with van der Waals surface area (Å²) in [6.07, 6.45) is 36.7. The van der Waals surface area contributed by atoms with Crippen molar-refractivity contribution < 1.29 is 0 Å². The number of nitrogens with zero attached hydrogens (tertiary/aromatic N) is 1. The van der Waals surface area contributed by atoms with E-state index in [0.29, 0.717) is 0 Å². The maximum Gasteiger partial charge on any atom is 0.00891 e. The van der Waals surface area contributed by atoms with E-state index < -0.39 is 0 Å². The molecule has 0 aromatic carbocycles. The number of rotatable bonds is 26. The van der Waals surface area contributed by atoms with Gasteiger partial charge >= 0.3 is 0 Å². The Morgan fingerprint density at radius 3 is 1.18 bits per heavy atom. The lowest BCUT2D eigenvalue weighted by molar-refractivity contribution is 0.251. The molecule has 3 atom stereocenters. The lowest BCUT2D eigenvalue weighted by Crippen LogP contribution is -2.27. The smallest absolute Gasteiger partial charge is 0.00891 e. The van der Waals surface area contributed by atoms with Crippen molar-refractivity contribution in [1.29, 1.82) is 0 Å². The van der Waals surface area contributed by atoms with Gasteiger partial charge < -0.3 is 4.90 Å². The van der Waals surface area contributed by atoms with Gasteiger partial charge in [-0.3, -0.25) is 0 Å². The van der Waals surface area contributed by atoms with E-state index in [-0.39, 0.29) is 0 Å². The van der Waals surface area contributed by atoms with Crippen molar-refractivity contribution in [3.05, 3.63) is 0 Å². The molecule has 33 heavy (non-hydrogen) atoms. The first-order chi connectivity index (χ1) is 16.2. The van der Waals surface area contributed by atoms with E-state index in [2.05, 4.69) is 32.8 Å². The summed E-state index contributed by atoms with van der Waals surface area (Å²) in [6, 6.07) is 0.823. The van der Waals surface area contributed by atoms with Gasteiger partial charge in [-0.25, -0.2) is 0 Å². The Labute approximate surface area is 211 Å². The Hall–Kier alpha value is -0.0400. The van der Waals surface area contributed by atoms with Crippen molar-refractivity contribution in [2.75, 3.05) is 14.1 Å². The van der Waals surface area contributed by atoms with Crippen molar-refractivity contribution in [2.24, 2.45) is 11.8 Å². The second-order valence-electron chi connectivity index (χ2n) is 11.9. The molecule has 0 radical (unpaired) electrons. The number of unbranched alkanes of at least 4 members (excludes halogenated alkanes) is 17. The molecule has 0 aliphatic heterocycles. The molecule has 1 unspecified atom stereocenters. The summed E-state index contributed by atoms with van der Waals surface area (Å²) in [5.74, 6) is 2.25. The average Bonchev–Trinajstić information content (AvgIpc) is 3.56. The van der Waals surface area contributed by atoms with Gasteiger partial charge in [0.05, 0.1) is 0 Å². The molecule has 0 aromatic rings. The minimum Gasteiger partial charge on any atom is -0.306 e. The van der Waals surface area contributed by atoms with Crippen LogP contribution >= 0.6 is 0 Å². The highest BCUT2D eigenvalue weighted by Gasteiger charge is 2.34. The van der Waals surface area contributed by atoms with Crippen molar-refractivity contribution >= 4 is 0 Å². The zero-order valence-electron chi connectivity index (χ0n) is 23.9. The van der Waals surface area contributed by atoms with Gasteiger partial charge in [0.1, 0.15) is 0 Å². The van der Waals surface area contributed by atoms with Gasteiger partial charge in [-0.05, 0) is 45.2 Å². The van der Waals surface area contributed by atoms with Gasteiger partial charge in [0.2, 0.25) is 0 Å². The van der Waals surface area contributed by atoms with Crippen molar-refractivity contribution in [1.82, 2.24) is 4.90 Å². The molecule has 1 aliphatic carbocycles. The second-order valence-corrected chi connectivity index (χ2v) is 11.9. The largest absolute Gasteiger partial charge is 0.306 e. The molecule has 1 saturated carbocycles. The molecule has 1 fully saturated rings. The van der Waals surface area contributed by atoms with Crippen LogP contribution in [0.2, 0.25) is 0 Å². The Kier molecular flexibility index (Phi) is 21.1.